The van der Waals surface area contributed by atoms with Gasteiger partial charge in [-0.15, -0.1) is 0 Å². The Kier molecular flexibility index (Phi) is 2.76. The summed E-state index contributed by atoms with van der Waals surface area (Å²) >= 11 is 0. The van der Waals surface area contributed by atoms with Crippen molar-refractivity contribution in [1.29, 1.82) is 0 Å². The minimum Gasteiger partial charge on any atom is -0.316 e. The fourth-order valence-corrected chi connectivity index (χ4v) is 2.09. The Morgan fingerprint density at radius 1 is 1.44 bits per heavy atom. The van der Waals surface area contributed by atoms with Gasteiger partial charge in [0.25, 0.3) is 0 Å². The van der Waals surface area contributed by atoms with Crippen LogP contribution in [0.25, 0.3) is 0 Å². The normalized spacial score (nSPS) is 24.7. The van der Waals surface area contributed by atoms with E-state index >= 15 is 0 Å². The second-order valence-corrected chi connectivity index (χ2v) is 4.88. The maximum Gasteiger partial charge on any atom is 0.246 e. The smallest absolute Gasteiger partial charge is 0.246 e. The zero-order valence-corrected chi connectivity index (χ0v) is 10.1. The molecule has 1 atom stereocenters. The predicted molar refractivity (Wildman–Crippen MR) is 63.9 cm³/mol. The molecular weight excluding hydrogens is 202 g/mol. The van der Waals surface area contributed by atoms with E-state index in [1.807, 2.05) is 37.6 Å². The second kappa shape index (κ2) is 3.94. The molecule has 1 aliphatic heterocycles. The Hall–Kier alpha value is -1.29. The first-order chi connectivity index (χ1) is 7.53. The van der Waals surface area contributed by atoms with Crippen molar-refractivity contribution in [3.05, 3.63) is 23.5 Å². The van der Waals surface area contributed by atoms with Crippen molar-refractivity contribution in [3.8, 4) is 0 Å². The number of aryl methyl sites for hydroxylation is 2. The van der Waals surface area contributed by atoms with Gasteiger partial charge in [0.1, 0.15) is 0 Å². The monoisotopic (exact) mass is 221 g/mol. The van der Waals surface area contributed by atoms with Crippen molar-refractivity contribution in [1.82, 2.24) is 9.99 Å². The topological polar surface area (TPSA) is 46.1 Å². The lowest BCUT2D eigenvalue weighted by atomic mass is 9.89. The minimum absolute atomic E-state index is 0.0971. The van der Waals surface area contributed by atoms with Crippen LogP contribution in [0, 0.1) is 19.3 Å². The highest BCUT2D eigenvalue weighted by Gasteiger charge is 2.36. The number of hydrogen-bond donors (Lipinski definition) is 2. The quantitative estimate of drug-likeness (QED) is 0.787. The van der Waals surface area contributed by atoms with Crippen molar-refractivity contribution >= 4 is 5.91 Å². The summed E-state index contributed by atoms with van der Waals surface area (Å²) in [7, 11) is 0. The van der Waals surface area contributed by atoms with Crippen molar-refractivity contribution in [2.75, 3.05) is 18.5 Å². The van der Waals surface area contributed by atoms with Gasteiger partial charge in [-0.2, -0.15) is 0 Å². The van der Waals surface area contributed by atoms with E-state index in [0.29, 0.717) is 0 Å². The van der Waals surface area contributed by atoms with Gasteiger partial charge >= 0.3 is 0 Å². The van der Waals surface area contributed by atoms with E-state index in [9.17, 15) is 4.79 Å². The summed E-state index contributed by atoms with van der Waals surface area (Å²) in [4.78, 5) is 12.2. The average molecular weight is 221 g/mol. The Balaban J connectivity index is 2.13. The van der Waals surface area contributed by atoms with Crippen LogP contribution in [-0.4, -0.2) is 23.7 Å². The fraction of sp³-hybridized carbons (Fsp3) is 0.583. The summed E-state index contributed by atoms with van der Waals surface area (Å²) in [6.45, 7) is 7.67. The zero-order chi connectivity index (χ0) is 11.8. The molecule has 0 aliphatic carbocycles. The third-order valence-corrected chi connectivity index (χ3v) is 3.40. The molecule has 0 spiro atoms. The van der Waals surface area contributed by atoms with Gasteiger partial charge in [0, 0.05) is 17.9 Å². The van der Waals surface area contributed by atoms with E-state index in [0.717, 1.165) is 30.9 Å². The molecule has 16 heavy (non-hydrogen) atoms. The zero-order valence-electron chi connectivity index (χ0n) is 10.1. The van der Waals surface area contributed by atoms with E-state index in [4.69, 9.17) is 0 Å². The standard InChI is InChI=1S/C12H19N3O/c1-9-4-5-10(2)15(9)14-11(16)12(3)6-7-13-8-12/h4-5,13H,6-8H2,1-3H3,(H,14,16). The van der Waals surface area contributed by atoms with Crippen LogP contribution in [0.2, 0.25) is 0 Å². The molecule has 1 aliphatic rings. The molecule has 1 amide bonds. The molecule has 1 saturated heterocycles. The summed E-state index contributed by atoms with van der Waals surface area (Å²) in [5, 5.41) is 3.23. The highest BCUT2D eigenvalue weighted by Crippen LogP contribution is 2.25. The number of carbonyl (C=O) groups excluding carboxylic acids is 1. The van der Waals surface area contributed by atoms with Crippen LogP contribution < -0.4 is 10.7 Å². The number of aromatic nitrogens is 1. The molecule has 0 bridgehead atoms. The lowest BCUT2D eigenvalue weighted by Gasteiger charge is -2.23. The van der Waals surface area contributed by atoms with Crippen LogP contribution in [0.4, 0.5) is 0 Å². The molecule has 2 rings (SSSR count). The molecule has 1 aromatic rings. The third-order valence-electron chi connectivity index (χ3n) is 3.40. The third kappa shape index (κ3) is 1.85. The minimum atomic E-state index is -0.275. The molecule has 0 aromatic carbocycles. The van der Waals surface area contributed by atoms with Crippen molar-refractivity contribution in [2.45, 2.75) is 27.2 Å². The van der Waals surface area contributed by atoms with Crippen LogP contribution in [0.1, 0.15) is 24.7 Å². The fourth-order valence-electron chi connectivity index (χ4n) is 2.09. The number of amides is 1. The number of nitrogens with one attached hydrogen (secondary N) is 2. The summed E-state index contributed by atoms with van der Waals surface area (Å²) < 4.78 is 1.85. The van der Waals surface area contributed by atoms with E-state index in [1.165, 1.54) is 0 Å². The van der Waals surface area contributed by atoms with Crippen molar-refractivity contribution < 1.29 is 4.79 Å². The molecule has 2 heterocycles. The van der Waals surface area contributed by atoms with Crippen LogP contribution in [0.3, 0.4) is 0 Å². The summed E-state index contributed by atoms with van der Waals surface area (Å²) in [6.07, 6.45) is 0.901. The first kappa shape index (κ1) is 11.2. The molecule has 2 N–H and O–H groups in total. The lowest BCUT2D eigenvalue weighted by Crippen LogP contribution is -2.39. The van der Waals surface area contributed by atoms with Gasteiger partial charge in [-0.25, -0.2) is 0 Å². The number of nitrogens with zero attached hydrogens (tertiary/aromatic N) is 1. The van der Waals surface area contributed by atoms with E-state index < -0.39 is 0 Å². The Labute approximate surface area is 96.0 Å². The second-order valence-electron chi connectivity index (χ2n) is 4.88. The van der Waals surface area contributed by atoms with Crippen molar-refractivity contribution in [3.63, 3.8) is 0 Å². The Morgan fingerprint density at radius 3 is 2.56 bits per heavy atom. The Bertz CT molecular complexity index is 383. The van der Waals surface area contributed by atoms with Gasteiger partial charge in [0.05, 0.1) is 5.41 Å². The first-order valence-electron chi connectivity index (χ1n) is 5.70. The number of hydrogen-bond acceptors (Lipinski definition) is 2. The van der Waals surface area contributed by atoms with Gasteiger partial charge in [-0.1, -0.05) is 0 Å². The molecule has 4 nitrogen and oxygen atoms in total. The molecule has 88 valence electrons. The first-order valence-corrected chi connectivity index (χ1v) is 5.70. The maximum atomic E-state index is 12.2. The van der Waals surface area contributed by atoms with Crippen molar-refractivity contribution in [2.24, 2.45) is 5.41 Å². The van der Waals surface area contributed by atoms with Gasteiger partial charge in [-0.05, 0) is 45.9 Å². The highest BCUT2D eigenvalue weighted by atomic mass is 16.2. The average Bonchev–Trinajstić information content (AvgIpc) is 2.80. The summed E-state index contributed by atoms with van der Waals surface area (Å²) in [5.74, 6) is 0.0971. The van der Waals surface area contributed by atoms with Crippen LogP contribution in [0.15, 0.2) is 12.1 Å². The maximum absolute atomic E-state index is 12.2. The number of carbonyl (C=O) groups is 1. The molecule has 0 radical (unpaired) electrons. The molecule has 1 aromatic heterocycles. The van der Waals surface area contributed by atoms with E-state index in [2.05, 4.69) is 10.7 Å². The molecule has 1 unspecified atom stereocenters. The molecule has 4 heteroatoms. The predicted octanol–water partition coefficient (Wildman–Crippen LogP) is 1.17. The van der Waals surface area contributed by atoms with Crippen LogP contribution in [-0.2, 0) is 4.79 Å². The van der Waals surface area contributed by atoms with Gasteiger partial charge < -0.3 is 5.32 Å². The van der Waals surface area contributed by atoms with Crippen LogP contribution in [0.5, 0.6) is 0 Å². The molecular formula is C12H19N3O. The SMILES string of the molecule is Cc1ccc(C)n1NC(=O)C1(C)CCNC1. The number of rotatable bonds is 2. The molecule has 1 fully saturated rings. The highest BCUT2D eigenvalue weighted by molar-refractivity contribution is 5.89. The van der Waals surface area contributed by atoms with Crippen LogP contribution >= 0.6 is 0 Å². The van der Waals surface area contributed by atoms with Gasteiger partial charge in [-0.3, -0.25) is 14.9 Å². The van der Waals surface area contributed by atoms with E-state index in [1.54, 1.807) is 0 Å². The Morgan fingerprint density at radius 2 is 2.06 bits per heavy atom. The van der Waals surface area contributed by atoms with E-state index in [-0.39, 0.29) is 11.3 Å². The summed E-state index contributed by atoms with van der Waals surface area (Å²) in [6, 6.07) is 4.01. The van der Waals surface area contributed by atoms with Gasteiger partial charge in [0.15, 0.2) is 0 Å². The lowest BCUT2D eigenvalue weighted by molar-refractivity contribution is -0.124. The largest absolute Gasteiger partial charge is 0.316 e. The summed E-state index contributed by atoms with van der Waals surface area (Å²) in [5.41, 5.74) is 4.82. The van der Waals surface area contributed by atoms with Gasteiger partial charge in [0.2, 0.25) is 5.91 Å². The molecule has 0 saturated carbocycles.